The minimum absolute atomic E-state index is 0.167. The molecule has 0 saturated heterocycles. The SMILES string of the molecule is O=C(C[n+]1ccccc1)N/N=C/c1ccccc1Br. The fourth-order valence-corrected chi connectivity index (χ4v) is 1.88. The van der Waals surface area contributed by atoms with E-state index in [0.717, 1.165) is 10.0 Å². The van der Waals surface area contributed by atoms with E-state index in [2.05, 4.69) is 26.5 Å². The van der Waals surface area contributed by atoms with E-state index in [1.165, 1.54) is 0 Å². The Morgan fingerprint density at radius 2 is 1.95 bits per heavy atom. The molecule has 19 heavy (non-hydrogen) atoms. The number of nitrogens with one attached hydrogen (secondary N) is 1. The van der Waals surface area contributed by atoms with Crippen LogP contribution in [0.3, 0.4) is 0 Å². The summed E-state index contributed by atoms with van der Waals surface area (Å²) < 4.78 is 2.72. The molecule has 2 aromatic rings. The lowest BCUT2D eigenvalue weighted by Crippen LogP contribution is -2.40. The molecule has 96 valence electrons. The first-order chi connectivity index (χ1) is 9.25. The molecular formula is C14H13BrN3O+. The van der Waals surface area contributed by atoms with Crippen molar-refractivity contribution in [3.63, 3.8) is 0 Å². The maximum absolute atomic E-state index is 11.6. The Bertz CT molecular complexity index is 584. The molecule has 1 amide bonds. The predicted molar refractivity (Wildman–Crippen MR) is 76.5 cm³/mol. The largest absolute Gasteiger partial charge is 0.305 e. The number of carbonyl (C=O) groups is 1. The quantitative estimate of drug-likeness (QED) is 0.522. The molecule has 0 saturated carbocycles. The summed E-state index contributed by atoms with van der Waals surface area (Å²) in [7, 11) is 0. The third kappa shape index (κ3) is 4.30. The smallest absolute Gasteiger partial charge is 0.266 e. The fraction of sp³-hybridized carbons (Fsp3) is 0.0714. The van der Waals surface area contributed by atoms with E-state index < -0.39 is 0 Å². The zero-order chi connectivity index (χ0) is 13.5. The van der Waals surface area contributed by atoms with Gasteiger partial charge in [0.05, 0.1) is 6.21 Å². The molecule has 1 heterocycles. The third-order valence-electron chi connectivity index (χ3n) is 2.40. The van der Waals surface area contributed by atoms with Crippen molar-refractivity contribution in [3.05, 3.63) is 64.9 Å². The number of nitrogens with zero attached hydrogens (tertiary/aromatic N) is 2. The number of pyridine rings is 1. The molecule has 5 heteroatoms. The Morgan fingerprint density at radius 1 is 1.21 bits per heavy atom. The van der Waals surface area contributed by atoms with Gasteiger partial charge in [-0.2, -0.15) is 9.67 Å². The Morgan fingerprint density at radius 3 is 2.68 bits per heavy atom. The van der Waals surface area contributed by atoms with Gasteiger partial charge >= 0.3 is 5.91 Å². The second kappa shape index (κ2) is 6.80. The van der Waals surface area contributed by atoms with Gasteiger partial charge < -0.3 is 0 Å². The molecule has 1 aromatic heterocycles. The lowest BCUT2D eigenvalue weighted by molar-refractivity contribution is -0.684. The number of amides is 1. The summed E-state index contributed by atoms with van der Waals surface area (Å²) in [6, 6.07) is 13.3. The van der Waals surface area contributed by atoms with Gasteiger partial charge in [0.2, 0.25) is 6.54 Å². The number of rotatable bonds is 4. The molecule has 0 spiro atoms. The van der Waals surface area contributed by atoms with Gasteiger partial charge in [0.25, 0.3) is 0 Å². The Kier molecular flexibility index (Phi) is 4.80. The van der Waals surface area contributed by atoms with E-state index in [1.807, 2.05) is 54.9 Å². The van der Waals surface area contributed by atoms with E-state index in [9.17, 15) is 4.79 Å². The third-order valence-corrected chi connectivity index (χ3v) is 3.12. The molecule has 0 fully saturated rings. The first-order valence-corrected chi connectivity index (χ1v) is 6.55. The van der Waals surface area contributed by atoms with E-state index in [4.69, 9.17) is 0 Å². The highest BCUT2D eigenvalue weighted by Crippen LogP contribution is 2.13. The van der Waals surface area contributed by atoms with Crippen LogP contribution in [-0.2, 0) is 11.3 Å². The predicted octanol–water partition coefficient (Wildman–Crippen LogP) is 1.89. The van der Waals surface area contributed by atoms with Crippen LogP contribution in [0.4, 0.5) is 0 Å². The van der Waals surface area contributed by atoms with Crippen LogP contribution in [0.15, 0.2) is 64.4 Å². The van der Waals surface area contributed by atoms with E-state index >= 15 is 0 Å². The molecule has 0 atom stereocenters. The molecular weight excluding hydrogens is 306 g/mol. The first-order valence-electron chi connectivity index (χ1n) is 5.76. The Hall–Kier alpha value is -2.01. The van der Waals surface area contributed by atoms with Crippen LogP contribution in [0, 0.1) is 0 Å². The van der Waals surface area contributed by atoms with Crippen molar-refractivity contribution in [2.75, 3.05) is 0 Å². The second-order valence-corrected chi connectivity index (χ2v) is 4.72. The Balaban J connectivity index is 1.89. The van der Waals surface area contributed by atoms with Crippen molar-refractivity contribution >= 4 is 28.1 Å². The van der Waals surface area contributed by atoms with Crippen LogP contribution in [0.5, 0.6) is 0 Å². The van der Waals surface area contributed by atoms with Gasteiger partial charge in [-0.3, -0.25) is 4.79 Å². The zero-order valence-electron chi connectivity index (χ0n) is 10.2. The molecule has 0 aliphatic carbocycles. The molecule has 1 N–H and O–H groups in total. The highest BCUT2D eigenvalue weighted by molar-refractivity contribution is 9.10. The topological polar surface area (TPSA) is 45.3 Å². The standard InChI is InChI=1S/C14H12BrN3O/c15-13-7-3-2-6-12(13)10-16-17-14(19)11-18-8-4-1-5-9-18/h1-10H,11H2/p+1/b16-10+. The first kappa shape index (κ1) is 13.4. The van der Waals surface area contributed by atoms with E-state index in [0.29, 0.717) is 0 Å². The minimum atomic E-state index is -0.167. The monoisotopic (exact) mass is 318 g/mol. The van der Waals surface area contributed by atoms with E-state index in [-0.39, 0.29) is 12.5 Å². The second-order valence-electron chi connectivity index (χ2n) is 3.86. The molecule has 1 aromatic carbocycles. The van der Waals surface area contributed by atoms with Crippen LogP contribution < -0.4 is 9.99 Å². The number of halogens is 1. The fourth-order valence-electron chi connectivity index (χ4n) is 1.49. The highest BCUT2D eigenvalue weighted by atomic mass is 79.9. The molecule has 0 radical (unpaired) electrons. The molecule has 4 nitrogen and oxygen atoms in total. The van der Waals surface area contributed by atoms with Crippen molar-refractivity contribution < 1.29 is 9.36 Å². The maximum Gasteiger partial charge on any atom is 0.305 e. The van der Waals surface area contributed by atoms with Crippen molar-refractivity contribution in [1.29, 1.82) is 0 Å². The average Bonchev–Trinajstić information content (AvgIpc) is 2.42. The van der Waals surface area contributed by atoms with Gasteiger partial charge in [-0.05, 0) is 6.07 Å². The summed E-state index contributed by atoms with van der Waals surface area (Å²) in [5.41, 5.74) is 3.41. The van der Waals surface area contributed by atoms with Gasteiger partial charge in [-0.15, -0.1) is 0 Å². The van der Waals surface area contributed by atoms with Crippen LogP contribution in [0.2, 0.25) is 0 Å². The summed E-state index contributed by atoms with van der Waals surface area (Å²) in [6.45, 7) is 0.244. The molecule has 2 rings (SSSR count). The van der Waals surface area contributed by atoms with Crippen LogP contribution in [-0.4, -0.2) is 12.1 Å². The number of aromatic nitrogens is 1. The summed E-state index contributed by atoms with van der Waals surface area (Å²) in [4.78, 5) is 11.6. The van der Waals surface area contributed by atoms with Crippen molar-refractivity contribution in [2.45, 2.75) is 6.54 Å². The zero-order valence-corrected chi connectivity index (χ0v) is 11.7. The summed E-state index contributed by atoms with van der Waals surface area (Å²) in [5, 5.41) is 3.93. The normalized spacial score (nSPS) is 10.6. The number of hydrogen-bond donors (Lipinski definition) is 1. The number of carbonyl (C=O) groups excluding carboxylic acids is 1. The Labute approximate surface area is 119 Å². The van der Waals surface area contributed by atoms with Gasteiger partial charge in [-0.25, -0.2) is 5.43 Å². The maximum atomic E-state index is 11.6. The number of benzene rings is 1. The lowest BCUT2D eigenvalue weighted by Gasteiger charge is -1.98. The lowest BCUT2D eigenvalue weighted by atomic mass is 10.2. The minimum Gasteiger partial charge on any atom is -0.266 e. The van der Waals surface area contributed by atoms with Crippen molar-refractivity contribution in [1.82, 2.24) is 5.43 Å². The number of hydrogen-bond acceptors (Lipinski definition) is 2. The van der Waals surface area contributed by atoms with Crippen LogP contribution in [0.1, 0.15) is 5.56 Å². The van der Waals surface area contributed by atoms with Gasteiger partial charge in [0.1, 0.15) is 0 Å². The molecule has 0 bridgehead atoms. The van der Waals surface area contributed by atoms with Gasteiger partial charge in [0.15, 0.2) is 12.4 Å². The van der Waals surface area contributed by atoms with Crippen LogP contribution in [0.25, 0.3) is 0 Å². The van der Waals surface area contributed by atoms with Gasteiger partial charge in [0, 0.05) is 22.2 Å². The summed E-state index contributed by atoms with van der Waals surface area (Å²) in [6.07, 6.45) is 5.27. The number of hydrazone groups is 1. The van der Waals surface area contributed by atoms with Crippen LogP contribution >= 0.6 is 15.9 Å². The summed E-state index contributed by atoms with van der Waals surface area (Å²) >= 11 is 3.41. The summed E-state index contributed by atoms with van der Waals surface area (Å²) in [5.74, 6) is -0.167. The average molecular weight is 319 g/mol. The van der Waals surface area contributed by atoms with Gasteiger partial charge in [-0.1, -0.05) is 40.2 Å². The molecule has 0 aliphatic heterocycles. The molecule has 0 unspecified atom stereocenters. The van der Waals surface area contributed by atoms with E-state index in [1.54, 1.807) is 10.8 Å². The van der Waals surface area contributed by atoms with Crippen molar-refractivity contribution in [2.24, 2.45) is 5.10 Å². The highest BCUT2D eigenvalue weighted by Gasteiger charge is 2.06. The van der Waals surface area contributed by atoms with Crippen molar-refractivity contribution in [3.8, 4) is 0 Å². The molecule has 0 aliphatic rings.